The molecule has 0 aliphatic heterocycles. The van der Waals surface area contributed by atoms with E-state index in [2.05, 4.69) is 6.58 Å². The average Bonchev–Trinajstić information content (AvgIpc) is 2.03. The maximum Gasteiger partial charge on any atom is 0.269 e. The van der Waals surface area contributed by atoms with Gasteiger partial charge in [0.2, 0.25) is 0 Å². The Labute approximate surface area is 89.6 Å². The van der Waals surface area contributed by atoms with Crippen molar-refractivity contribution in [2.75, 3.05) is 0 Å². The normalized spacial score (nSPS) is 10.4. The molecule has 0 atom stereocenters. The third kappa shape index (κ3) is 4.41. The molecule has 0 saturated carbocycles. The molecule has 5 heteroatoms. The van der Waals surface area contributed by atoms with E-state index in [0.717, 1.165) is 5.56 Å². The Bertz CT molecular complexity index is 395. The van der Waals surface area contributed by atoms with Crippen LogP contribution in [0.4, 0.5) is 0 Å². The van der Waals surface area contributed by atoms with E-state index in [-0.39, 0.29) is 18.2 Å². The molecule has 1 rings (SSSR count). The molecule has 14 heavy (non-hydrogen) atoms. The van der Waals surface area contributed by atoms with Crippen LogP contribution in [0.3, 0.4) is 0 Å². The lowest BCUT2D eigenvalue weighted by Crippen LogP contribution is -2.01. The van der Waals surface area contributed by atoms with E-state index in [0.29, 0.717) is 5.56 Å². The topological polar surface area (TPSA) is 54.4 Å². The van der Waals surface area contributed by atoms with Crippen LogP contribution in [0.25, 0.3) is 6.08 Å². The van der Waals surface area contributed by atoms with Gasteiger partial charge in [-0.2, -0.15) is 8.42 Å². The first-order valence-electron chi connectivity index (χ1n) is 3.68. The van der Waals surface area contributed by atoms with Crippen molar-refractivity contribution in [2.45, 2.75) is 5.75 Å². The molecule has 3 nitrogen and oxygen atoms in total. The Balaban J connectivity index is 0.00000169. The van der Waals surface area contributed by atoms with Crippen molar-refractivity contribution < 1.29 is 13.0 Å². The minimum absolute atomic E-state index is 0. The minimum Gasteiger partial charge on any atom is -0.285 e. The Kier molecular flexibility index (Phi) is 4.83. The Hall–Kier alpha value is -0.840. The maximum atomic E-state index is 10.5. The predicted octanol–water partition coefficient (Wildman–Crippen LogP) is 2.14. The van der Waals surface area contributed by atoms with Gasteiger partial charge in [-0.25, -0.2) is 0 Å². The zero-order valence-electron chi connectivity index (χ0n) is 7.38. The van der Waals surface area contributed by atoms with Crippen molar-refractivity contribution in [2.24, 2.45) is 0 Å². The highest BCUT2D eigenvalue weighted by Gasteiger charge is 2.05. The van der Waals surface area contributed by atoms with E-state index < -0.39 is 10.1 Å². The fourth-order valence-electron chi connectivity index (χ4n) is 0.961. The van der Waals surface area contributed by atoms with Gasteiger partial charge in [0.25, 0.3) is 10.1 Å². The fraction of sp³-hybridized carbons (Fsp3) is 0.111. The van der Waals surface area contributed by atoms with Crippen molar-refractivity contribution in [3.63, 3.8) is 0 Å². The fourth-order valence-corrected chi connectivity index (χ4v) is 1.57. The second-order valence-electron chi connectivity index (χ2n) is 2.67. The van der Waals surface area contributed by atoms with Crippen molar-refractivity contribution >= 4 is 28.6 Å². The SMILES string of the molecule is C=Cc1ccc(CS(=O)(=O)O)cc1.Cl. The van der Waals surface area contributed by atoms with Crippen molar-refractivity contribution in [1.82, 2.24) is 0 Å². The lowest BCUT2D eigenvalue weighted by Gasteiger charge is -1.98. The number of rotatable bonds is 3. The summed E-state index contributed by atoms with van der Waals surface area (Å²) in [5, 5.41) is 0. The third-order valence-corrected chi connectivity index (χ3v) is 2.26. The minimum atomic E-state index is -3.92. The Morgan fingerprint density at radius 3 is 2.14 bits per heavy atom. The maximum absolute atomic E-state index is 10.5. The van der Waals surface area contributed by atoms with E-state index >= 15 is 0 Å². The van der Waals surface area contributed by atoms with Crippen LogP contribution in [0.1, 0.15) is 11.1 Å². The summed E-state index contributed by atoms with van der Waals surface area (Å²) in [4.78, 5) is 0. The summed E-state index contributed by atoms with van der Waals surface area (Å²) >= 11 is 0. The third-order valence-electron chi connectivity index (χ3n) is 1.56. The summed E-state index contributed by atoms with van der Waals surface area (Å²) in [6.07, 6.45) is 1.66. The molecule has 0 heterocycles. The molecule has 0 bridgehead atoms. The number of hydrogen-bond donors (Lipinski definition) is 1. The van der Waals surface area contributed by atoms with Crippen molar-refractivity contribution in [1.29, 1.82) is 0 Å². The molecule has 1 N–H and O–H groups in total. The first-order chi connectivity index (χ1) is 6.01. The van der Waals surface area contributed by atoms with Gasteiger partial charge >= 0.3 is 0 Å². The van der Waals surface area contributed by atoms with Crippen LogP contribution < -0.4 is 0 Å². The molecule has 0 unspecified atom stereocenters. The zero-order chi connectivity index (χ0) is 9.90. The van der Waals surface area contributed by atoms with E-state index in [1.54, 1.807) is 30.3 Å². The summed E-state index contributed by atoms with van der Waals surface area (Å²) in [6, 6.07) is 6.77. The van der Waals surface area contributed by atoms with Crippen molar-refractivity contribution in [3.8, 4) is 0 Å². The van der Waals surface area contributed by atoms with Gasteiger partial charge in [0, 0.05) is 0 Å². The van der Waals surface area contributed by atoms with Crippen LogP contribution in [0.5, 0.6) is 0 Å². The molecule has 0 aromatic heterocycles. The highest BCUT2D eigenvalue weighted by Crippen LogP contribution is 2.08. The highest BCUT2D eigenvalue weighted by molar-refractivity contribution is 7.85. The second kappa shape index (κ2) is 5.14. The van der Waals surface area contributed by atoms with Crippen LogP contribution in [-0.2, 0) is 15.9 Å². The van der Waals surface area contributed by atoms with Gasteiger partial charge in [0.15, 0.2) is 0 Å². The number of hydrogen-bond acceptors (Lipinski definition) is 2. The Morgan fingerprint density at radius 1 is 1.29 bits per heavy atom. The average molecular weight is 235 g/mol. The van der Waals surface area contributed by atoms with E-state index in [1.807, 2.05) is 0 Å². The standard InChI is InChI=1S/C9H10O3S.ClH/c1-2-8-3-5-9(6-4-8)7-13(10,11)12;/h2-6H,1,7H2,(H,10,11,12);1H. The molecule has 0 aliphatic carbocycles. The van der Waals surface area contributed by atoms with Crippen LogP contribution in [0.15, 0.2) is 30.8 Å². The molecule has 78 valence electrons. The molecule has 0 saturated heterocycles. The number of halogens is 1. The highest BCUT2D eigenvalue weighted by atomic mass is 35.5. The smallest absolute Gasteiger partial charge is 0.269 e. The van der Waals surface area contributed by atoms with Crippen molar-refractivity contribution in [3.05, 3.63) is 42.0 Å². The van der Waals surface area contributed by atoms with Crippen LogP contribution >= 0.6 is 12.4 Å². The van der Waals surface area contributed by atoms with Gasteiger partial charge < -0.3 is 0 Å². The first-order valence-corrected chi connectivity index (χ1v) is 5.29. The number of benzene rings is 1. The molecule has 1 aromatic rings. The molecule has 0 fully saturated rings. The molecular weight excluding hydrogens is 224 g/mol. The summed E-state index contributed by atoms with van der Waals surface area (Å²) in [5.41, 5.74) is 1.48. The summed E-state index contributed by atoms with van der Waals surface area (Å²) in [6.45, 7) is 3.57. The lowest BCUT2D eigenvalue weighted by molar-refractivity contribution is 0.482. The first kappa shape index (κ1) is 13.2. The predicted molar refractivity (Wildman–Crippen MR) is 59.0 cm³/mol. The molecular formula is C9H11ClO3S. The second-order valence-corrected chi connectivity index (χ2v) is 4.12. The van der Waals surface area contributed by atoms with Crippen LogP contribution in [0.2, 0.25) is 0 Å². The summed E-state index contributed by atoms with van der Waals surface area (Å²) in [5.74, 6) is -0.343. The largest absolute Gasteiger partial charge is 0.285 e. The summed E-state index contributed by atoms with van der Waals surface area (Å²) < 4.78 is 29.5. The van der Waals surface area contributed by atoms with E-state index in [4.69, 9.17) is 4.55 Å². The Morgan fingerprint density at radius 2 is 1.79 bits per heavy atom. The lowest BCUT2D eigenvalue weighted by atomic mass is 10.1. The molecule has 0 amide bonds. The van der Waals surface area contributed by atoms with E-state index in [9.17, 15) is 8.42 Å². The van der Waals surface area contributed by atoms with Gasteiger partial charge in [0.05, 0.1) is 0 Å². The molecule has 0 spiro atoms. The van der Waals surface area contributed by atoms with E-state index in [1.165, 1.54) is 0 Å². The van der Waals surface area contributed by atoms with Crippen LogP contribution in [0, 0.1) is 0 Å². The quantitative estimate of drug-likeness (QED) is 0.816. The van der Waals surface area contributed by atoms with Crippen LogP contribution in [-0.4, -0.2) is 13.0 Å². The van der Waals surface area contributed by atoms with Gasteiger partial charge in [-0.1, -0.05) is 36.9 Å². The molecule has 0 radical (unpaired) electrons. The summed E-state index contributed by atoms with van der Waals surface area (Å²) in [7, 11) is -3.92. The monoisotopic (exact) mass is 234 g/mol. The molecule has 0 aliphatic rings. The van der Waals surface area contributed by atoms with Gasteiger partial charge in [-0.05, 0) is 11.1 Å². The molecule has 1 aromatic carbocycles. The van der Waals surface area contributed by atoms with Gasteiger partial charge in [-0.3, -0.25) is 4.55 Å². The van der Waals surface area contributed by atoms with Gasteiger partial charge in [0.1, 0.15) is 5.75 Å². The zero-order valence-corrected chi connectivity index (χ0v) is 9.01. The van der Waals surface area contributed by atoms with Gasteiger partial charge in [-0.15, -0.1) is 12.4 Å².